The maximum Gasteiger partial charge on any atom is 0.254 e. The Morgan fingerprint density at radius 3 is 2.73 bits per heavy atom. The van der Waals surface area contributed by atoms with Crippen LogP contribution in [0.2, 0.25) is 0 Å². The third kappa shape index (κ3) is 2.18. The number of pyridine rings is 1. The van der Waals surface area contributed by atoms with E-state index in [0.29, 0.717) is 32.2 Å². The molecule has 6 heteroatoms. The molecule has 3 heterocycles. The first-order chi connectivity index (χ1) is 10.6. The van der Waals surface area contributed by atoms with Gasteiger partial charge in [-0.05, 0) is 25.8 Å². The Morgan fingerprint density at radius 1 is 1.32 bits per heavy atom. The number of amides is 1. The number of aryl methyl sites for hydroxylation is 2. The fourth-order valence-electron chi connectivity index (χ4n) is 3.16. The van der Waals surface area contributed by atoms with Gasteiger partial charge < -0.3 is 9.64 Å². The Bertz CT molecular complexity index is 742. The molecular weight excluding hydrogens is 280 g/mol. The molecule has 1 saturated heterocycles. The number of aromatic nitrogens is 3. The Labute approximate surface area is 129 Å². The van der Waals surface area contributed by atoms with Crippen LogP contribution in [0.4, 0.5) is 0 Å². The topological polar surface area (TPSA) is 60.2 Å². The van der Waals surface area contributed by atoms with Crippen LogP contribution in [0.25, 0.3) is 11.0 Å². The third-order valence-corrected chi connectivity index (χ3v) is 4.51. The second kappa shape index (κ2) is 5.05. The first kappa shape index (κ1) is 13.7. The second-order valence-corrected chi connectivity index (χ2v) is 6.18. The Morgan fingerprint density at radius 2 is 2.05 bits per heavy atom. The lowest BCUT2D eigenvalue weighted by Crippen LogP contribution is -2.40. The number of hydrogen-bond donors (Lipinski definition) is 0. The smallest absolute Gasteiger partial charge is 0.254 e. The summed E-state index contributed by atoms with van der Waals surface area (Å²) >= 11 is 0. The number of fused-ring (bicyclic) bond motifs is 1. The molecule has 0 spiro atoms. The van der Waals surface area contributed by atoms with Gasteiger partial charge in [0.15, 0.2) is 5.65 Å². The van der Waals surface area contributed by atoms with Crippen molar-refractivity contribution in [1.82, 2.24) is 19.7 Å². The lowest BCUT2D eigenvalue weighted by atomic mass is 10.1. The molecule has 1 aliphatic carbocycles. The lowest BCUT2D eigenvalue weighted by Gasteiger charge is -2.27. The van der Waals surface area contributed by atoms with Gasteiger partial charge in [-0.3, -0.25) is 9.48 Å². The number of carbonyl (C=O) groups excluding carboxylic acids is 1. The zero-order valence-electron chi connectivity index (χ0n) is 13.0. The maximum absolute atomic E-state index is 13.0. The summed E-state index contributed by atoms with van der Waals surface area (Å²) in [5, 5.41) is 5.35. The third-order valence-electron chi connectivity index (χ3n) is 4.51. The number of ether oxygens (including phenoxy) is 1. The average Bonchev–Trinajstić information content (AvgIpc) is 3.34. The zero-order chi connectivity index (χ0) is 15.3. The number of rotatable bonds is 2. The molecule has 0 unspecified atom stereocenters. The fourth-order valence-corrected chi connectivity index (χ4v) is 3.16. The first-order valence-corrected chi connectivity index (χ1v) is 7.86. The summed E-state index contributed by atoms with van der Waals surface area (Å²) in [7, 11) is 1.89. The van der Waals surface area contributed by atoms with Gasteiger partial charge in [0.1, 0.15) is 0 Å². The molecule has 4 rings (SSSR count). The highest BCUT2D eigenvalue weighted by Gasteiger charge is 2.30. The van der Waals surface area contributed by atoms with Gasteiger partial charge in [0.2, 0.25) is 0 Å². The molecule has 2 aromatic heterocycles. The summed E-state index contributed by atoms with van der Waals surface area (Å²) in [6.45, 7) is 4.47. The lowest BCUT2D eigenvalue weighted by molar-refractivity contribution is 0.0304. The minimum absolute atomic E-state index is 0.0775. The first-order valence-electron chi connectivity index (χ1n) is 7.86. The van der Waals surface area contributed by atoms with Crippen LogP contribution in [-0.2, 0) is 11.8 Å². The summed E-state index contributed by atoms with van der Waals surface area (Å²) < 4.78 is 7.13. The summed E-state index contributed by atoms with van der Waals surface area (Å²) in [6.07, 6.45) is 2.33. The van der Waals surface area contributed by atoms with Crippen molar-refractivity contribution in [3.63, 3.8) is 0 Å². The fraction of sp³-hybridized carbons (Fsp3) is 0.562. The van der Waals surface area contributed by atoms with Gasteiger partial charge in [0.05, 0.1) is 29.9 Å². The van der Waals surface area contributed by atoms with Gasteiger partial charge in [0.25, 0.3) is 5.91 Å². The zero-order valence-corrected chi connectivity index (χ0v) is 13.0. The molecule has 1 aliphatic heterocycles. The van der Waals surface area contributed by atoms with Crippen molar-refractivity contribution in [2.24, 2.45) is 7.05 Å². The number of hydrogen-bond acceptors (Lipinski definition) is 4. The summed E-state index contributed by atoms with van der Waals surface area (Å²) in [6, 6.07) is 1.99. The van der Waals surface area contributed by atoms with E-state index in [1.54, 1.807) is 4.68 Å². The molecule has 0 atom stereocenters. The van der Waals surface area contributed by atoms with E-state index in [0.717, 1.165) is 28.0 Å². The highest BCUT2D eigenvalue weighted by atomic mass is 16.5. The van der Waals surface area contributed by atoms with Crippen LogP contribution in [0.3, 0.4) is 0 Å². The normalized spacial score (nSPS) is 18.9. The summed E-state index contributed by atoms with van der Waals surface area (Å²) in [5.74, 6) is 0.588. The van der Waals surface area contributed by atoms with E-state index in [2.05, 4.69) is 5.10 Å². The van der Waals surface area contributed by atoms with Crippen molar-refractivity contribution in [2.45, 2.75) is 25.7 Å². The highest BCUT2D eigenvalue weighted by Crippen LogP contribution is 2.40. The Kier molecular flexibility index (Phi) is 3.14. The molecule has 1 amide bonds. The van der Waals surface area contributed by atoms with Crippen LogP contribution in [0, 0.1) is 6.92 Å². The van der Waals surface area contributed by atoms with Crippen molar-refractivity contribution >= 4 is 16.9 Å². The molecule has 0 aromatic carbocycles. The quantitative estimate of drug-likeness (QED) is 0.845. The van der Waals surface area contributed by atoms with E-state index in [1.165, 1.54) is 12.8 Å². The molecule has 22 heavy (non-hydrogen) atoms. The SMILES string of the molecule is Cc1nn(C)c2nc(C3CC3)cc(C(=O)N3CCOCC3)c12. The van der Waals surface area contributed by atoms with Gasteiger partial charge in [-0.15, -0.1) is 0 Å². The molecule has 2 aromatic rings. The molecule has 6 nitrogen and oxygen atoms in total. The van der Waals surface area contributed by atoms with Crippen LogP contribution >= 0.6 is 0 Å². The van der Waals surface area contributed by atoms with Crippen molar-refractivity contribution in [1.29, 1.82) is 0 Å². The van der Waals surface area contributed by atoms with E-state index in [4.69, 9.17) is 9.72 Å². The van der Waals surface area contributed by atoms with E-state index < -0.39 is 0 Å². The minimum atomic E-state index is 0.0775. The minimum Gasteiger partial charge on any atom is -0.378 e. The molecule has 0 N–H and O–H groups in total. The molecule has 0 bridgehead atoms. The highest BCUT2D eigenvalue weighted by molar-refractivity contribution is 6.06. The van der Waals surface area contributed by atoms with Gasteiger partial charge in [0, 0.05) is 31.7 Å². The van der Waals surface area contributed by atoms with Gasteiger partial charge >= 0.3 is 0 Å². The largest absolute Gasteiger partial charge is 0.378 e. The monoisotopic (exact) mass is 300 g/mol. The standard InChI is InChI=1S/C16H20N4O2/c1-10-14-12(16(21)20-5-7-22-8-6-20)9-13(11-3-4-11)17-15(14)19(2)18-10/h9,11H,3-8H2,1-2H3. The van der Waals surface area contributed by atoms with Gasteiger partial charge in [-0.1, -0.05) is 0 Å². The Balaban J connectivity index is 1.85. The van der Waals surface area contributed by atoms with Crippen molar-refractivity contribution in [3.05, 3.63) is 23.0 Å². The predicted octanol–water partition coefficient (Wildman–Crippen LogP) is 1.63. The van der Waals surface area contributed by atoms with Crippen LogP contribution < -0.4 is 0 Å². The van der Waals surface area contributed by atoms with Crippen LogP contribution in [0.1, 0.15) is 40.5 Å². The molecule has 2 aliphatic rings. The van der Waals surface area contributed by atoms with Crippen molar-refractivity contribution < 1.29 is 9.53 Å². The Hall–Kier alpha value is -1.95. The van der Waals surface area contributed by atoms with E-state index in [-0.39, 0.29) is 5.91 Å². The average molecular weight is 300 g/mol. The predicted molar refractivity (Wildman–Crippen MR) is 81.9 cm³/mol. The van der Waals surface area contributed by atoms with E-state index in [9.17, 15) is 4.79 Å². The van der Waals surface area contributed by atoms with Crippen LogP contribution in [0.15, 0.2) is 6.07 Å². The summed E-state index contributed by atoms with van der Waals surface area (Å²) in [5.41, 5.74) is 3.47. The van der Waals surface area contributed by atoms with Crippen molar-refractivity contribution in [2.75, 3.05) is 26.3 Å². The van der Waals surface area contributed by atoms with Gasteiger partial charge in [-0.2, -0.15) is 5.10 Å². The van der Waals surface area contributed by atoms with Gasteiger partial charge in [-0.25, -0.2) is 4.98 Å². The maximum atomic E-state index is 13.0. The van der Waals surface area contributed by atoms with Crippen LogP contribution in [-0.4, -0.2) is 51.9 Å². The molecule has 2 fully saturated rings. The summed E-state index contributed by atoms with van der Waals surface area (Å²) in [4.78, 5) is 19.6. The molecular formula is C16H20N4O2. The van der Waals surface area contributed by atoms with Crippen molar-refractivity contribution in [3.8, 4) is 0 Å². The number of nitrogens with zero attached hydrogens (tertiary/aromatic N) is 4. The van der Waals surface area contributed by atoms with Crippen LogP contribution in [0.5, 0.6) is 0 Å². The molecule has 0 radical (unpaired) electrons. The second-order valence-electron chi connectivity index (χ2n) is 6.18. The number of morpholine rings is 1. The molecule has 1 saturated carbocycles. The number of carbonyl (C=O) groups is 1. The molecule has 116 valence electrons. The van der Waals surface area contributed by atoms with E-state index in [1.807, 2.05) is 24.9 Å². The van der Waals surface area contributed by atoms with E-state index >= 15 is 0 Å².